The number of nitrogens with zero attached hydrogens (tertiary/aromatic N) is 1. The van der Waals surface area contributed by atoms with Crippen molar-refractivity contribution in [3.63, 3.8) is 0 Å². The lowest BCUT2D eigenvalue weighted by atomic mass is 10.1. The summed E-state index contributed by atoms with van der Waals surface area (Å²) in [4.78, 5) is 23.9. The Balaban J connectivity index is 2.20. The van der Waals surface area contributed by atoms with Crippen LogP contribution in [0.1, 0.15) is 21.6 Å². The lowest BCUT2D eigenvalue weighted by Crippen LogP contribution is -2.25. The van der Waals surface area contributed by atoms with E-state index in [9.17, 15) is 9.59 Å². The number of anilines is 1. The Morgan fingerprint density at radius 1 is 1.11 bits per heavy atom. The van der Waals surface area contributed by atoms with Gasteiger partial charge in [-0.2, -0.15) is 0 Å². The van der Waals surface area contributed by atoms with Gasteiger partial charge in [-0.3, -0.25) is 9.59 Å². The van der Waals surface area contributed by atoms with Crippen LogP contribution < -0.4 is 5.32 Å². The minimum atomic E-state index is -0.615. The van der Waals surface area contributed by atoms with Gasteiger partial charge in [0, 0.05) is 18.9 Å². The second-order valence-corrected chi connectivity index (χ2v) is 4.54. The number of aromatic nitrogens is 1. The summed E-state index contributed by atoms with van der Waals surface area (Å²) in [6, 6.07) is 8.97. The molecule has 4 heteroatoms. The van der Waals surface area contributed by atoms with Gasteiger partial charge < -0.3 is 9.88 Å². The Morgan fingerprint density at radius 2 is 1.84 bits per heavy atom. The number of carbonyl (C=O) groups excluding carboxylic acids is 2. The molecule has 4 nitrogen and oxygen atoms in total. The zero-order valence-electron chi connectivity index (χ0n) is 11.2. The van der Waals surface area contributed by atoms with Gasteiger partial charge in [-0.05, 0) is 43.2 Å². The molecule has 0 unspecified atom stereocenters. The Hall–Kier alpha value is -2.36. The highest BCUT2D eigenvalue weighted by Gasteiger charge is 2.19. The number of hydrogen-bond acceptors (Lipinski definition) is 2. The third-order valence-electron chi connectivity index (χ3n) is 3.24. The molecule has 1 heterocycles. The van der Waals surface area contributed by atoms with E-state index in [-0.39, 0.29) is 0 Å². The Morgan fingerprint density at radius 3 is 2.47 bits per heavy atom. The molecule has 98 valence electrons. The van der Waals surface area contributed by atoms with Crippen LogP contribution in [-0.2, 0) is 11.8 Å². The van der Waals surface area contributed by atoms with Gasteiger partial charge in [-0.15, -0.1) is 0 Å². The highest BCUT2D eigenvalue weighted by molar-refractivity contribution is 6.46. The van der Waals surface area contributed by atoms with Crippen LogP contribution in [0.5, 0.6) is 0 Å². The molecular formula is C15H16N2O2. The zero-order chi connectivity index (χ0) is 14.0. The quantitative estimate of drug-likeness (QED) is 0.677. The monoisotopic (exact) mass is 256 g/mol. The maximum atomic E-state index is 12.0. The minimum absolute atomic E-state index is 0.378. The van der Waals surface area contributed by atoms with E-state index in [2.05, 4.69) is 5.32 Å². The molecule has 1 aromatic carbocycles. The van der Waals surface area contributed by atoms with Crippen molar-refractivity contribution in [2.45, 2.75) is 13.8 Å². The van der Waals surface area contributed by atoms with Crippen molar-refractivity contribution in [1.29, 1.82) is 0 Å². The van der Waals surface area contributed by atoms with E-state index in [1.54, 1.807) is 36.0 Å². The van der Waals surface area contributed by atoms with Crippen LogP contribution in [0.15, 0.2) is 36.5 Å². The number of rotatable bonds is 3. The maximum absolute atomic E-state index is 12.0. The van der Waals surface area contributed by atoms with Crippen LogP contribution in [0.3, 0.4) is 0 Å². The summed E-state index contributed by atoms with van der Waals surface area (Å²) < 4.78 is 1.63. The maximum Gasteiger partial charge on any atom is 0.298 e. The largest absolute Gasteiger partial charge is 0.348 e. The normalized spacial score (nSPS) is 10.3. The molecule has 19 heavy (non-hydrogen) atoms. The molecule has 0 saturated heterocycles. The van der Waals surface area contributed by atoms with Gasteiger partial charge in [0.25, 0.3) is 11.7 Å². The van der Waals surface area contributed by atoms with E-state index in [0.29, 0.717) is 11.4 Å². The summed E-state index contributed by atoms with van der Waals surface area (Å²) >= 11 is 0. The average molecular weight is 256 g/mol. The molecule has 0 fully saturated rings. The molecule has 2 aromatic rings. The Kier molecular flexibility index (Phi) is 3.51. The molecule has 0 spiro atoms. The molecule has 0 saturated carbocycles. The fourth-order valence-corrected chi connectivity index (χ4v) is 1.88. The first-order valence-electron chi connectivity index (χ1n) is 6.04. The molecule has 0 aliphatic rings. The van der Waals surface area contributed by atoms with Crippen molar-refractivity contribution in [2.75, 3.05) is 5.32 Å². The van der Waals surface area contributed by atoms with Gasteiger partial charge in [-0.25, -0.2) is 0 Å². The van der Waals surface area contributed by atoms with Crippen LogP contribution >= 0.6 is 0 Å². The number of hydrogen-bond donors (Lipinski definition) is 1. The number of amides is 1. The number of ketones is 1. The van der Waals surface area contributed by atoms with Gasteiger partial charge in [0.1, 0.15) is 0 Å². The number of aryl methyl sites for hydroxylation is 2. The summed E-state index contributed by atoms with van der Waals surface area (Å²) in [6.45, 7) is 3.88. The topological polar surface area (TPSA) is 51.1 Å². The van der Waals surface area contributed by atoms with Crippen LogP contribution in [0.25, 0.3) is 0 Å². The van der Waals surface area contributed by atoms with Crippen molar-refractivity contribution in [3.8, 4) is 0 Å². The number of benzene rings is 1. The minimum Gasteiger partial charge on any atom is -0.348 e. The predicted molar refractivity (Wildman–Crippen MR) is 74.3 cm³/mol. The van der Waals surface area contributed by atoms with Gasteiger partial charge >= 0.3 is 0 Å². The van der Waals surface area contributed by atoms with Crippen LogP contribution in [-0.4, -0.2) is 16.3 Å². The van der Waals surface area contributed by atoms with Crippen molar-refractivity contribution in [2.24, 2.45) is 7.05 Å². The highest BCUT2D eigenvalue weighted by atomic mass is 16.2. The first-order valence-corrected chi connectivity index (χ1v) is 6.04. The lowest BCUT2D eigenvalue weighted by Gasteiger charge is -2.09. The van der Waals surface area contributed by atoms with Gasteiger partial charge in [0.15, 0.2) is 0 Å². The molecule has 2 rings (SSSR count). The van der Waals surface area contributed by atoms with Gasteiger partial charge in [0.2, 0.25) is 0 Å². The third-order valence-corrected chi connectivity index (χ3v) is 3.24. The third kappa shape index (κ3) is 2.57. The smallest absolute Gasteiger partial charge is 0.298 e. The van der Waals surface area contributed by atoms with E-state index in [1.165, 1.54) is 0 Å². The molecule has 1 amide bonds. The van der Waals surface area contributed by atoms with Crippen LogP contribution in [0.4, 0.5) is 5.69 Å². The Bertz CT molecular complexity index is 641. The first kappa shape index (κ1) is 13.1. The van der Waals surface area contributed by atoms with Crippen molar-refractivity contribution in [1.82, 2.24) is 4.57 Å². The predicted octanol–water partition coefficient (Wildman–Crippen LogP) is 2.46. The van der Waals surface area contributed by atoms with E-state index < -0.39 is 11.7 Å². The van der Waals surface area contributed by atoms with Crippen molar-refractivity contribution < 1.29 is 9.59 Å². The second-order valence-electron chi connectivity index (χ2n) is 4.54. The van der Waals surface area contributed by atoms with Gasteiger partial charge in [-0.1, -0.05) is 12.1 Å². The van der Waals surface area contributed by atoms with Crippen molar-refractivity contribution in [3.05, 3.63) is 53.3 Å². The Labute approximate surface area is 112 Å². The van der Waals surface area contributed by atoms with E-state index in [1.807, 2.05) is 26.0 Å². The van der Waals surface area contributed by atoms with Crippen LogP contribution in [0, 0.1) is 13.8 Å². The highest BCUT2D eigenvalue weighted by Crippen LogP contribution is 2.18. The number of Topliss-reactive ketones (excluding diaryl/α,β-unsaturated/α-hetero) is 1. The van der Waals surface area contributed by atoms with E-state index in [4.69, 9.17) is 0 Å². The summed E-state index contributed by atoms with van der Waals surface area (Å²) in [5.74, 6) is -1.15. The molecule has 0 aliphatic carbocycles. The molecule has 0 atom stereocenters. The fraction of sp³-hybridized carbons (Fsp3) is 0.200. The number of nitrogens with one attached hydrogen (secondary N) is 1. The van der Waals surface area contributed by atoms with E-state index in [0.717, 1.165) is 11.1 Å². The molecule has 0 bridgehead atoms. The van der Waals surface area contributed by atoms with Gasteiger partial charge in [0.05, 0.1) is 5.69 Å². The summed E-state index contributed by atoms with van der Waals surface area (Å²) in [5.41, 5.74) is 3.09. The SMILES string of the molecule is Cc1cccc(NC(=O)C(=O)c2cccn2C)c1C. The summed E-state index contributed by atoms with van der Waals surface area (Å²) in [6.07, 6.45) is 1.73. The first-order chi connectivity index (χ1) is 9.00. The molecule has 1 aromatic heterocycles. The molecule has 1 N–H and O–H groups in total. The van der Waals surface area contributed by atoms with E-state index >= 15 is 0 Å². The van der Waals surface area contributed by atoms with Crippen molar-refractivity contribution >= 4 is 17.4 Å². The van der Waals surface area contributed by atoms with Crippen LogP contribution in [0.2, 0.25) is 0 Å². The zero-order valence-corrected chi connectivity index (χ0v) is 11.2. The molecular weight excluding hydrogens is 240 g/mol. The second kappa shape index (κ2) is 5.10. The summed E-state index contributed by atoms with van der Waals surface area (Å²) in [5, 5.41) is 2.66. The summed E-state index contributed by atoms with van der Waals surface area (Å²) in [7, 11) is 1.73. The number of carbonyl (C=O) groups is 2. The standard InChI is InChI=1S/C15H16N2O2/c1-10-6-4-7-12(11(10)2)16-15(19)14(18)13-8-5-9-17(13)3/h4-9H,1-3H3,(H,16,19). The molecule has 0 aliphatic heterocycles. The fourth-order valence-electron chi connectivity index (χ4n) is 1.88. The average Bonchev–Trinajstić information content (AvgIpc) is 2.80. The lowest BCUT2D eigenvalue weighted by molar-refractivity contribution is -0.112. The molecule has 0 radical (unpaired) electrons.